The topological polar surface area (TPSA) is 53.1 Å². The van der Waals surface area contributed by atoms with Gasteiger partial charge < -0.3 is 15.5 Å². The molecule has 0 aliphatic carbocycles. The van der Waals surface area contributed by atoms with Crippen LogP contribution in [0.3, 0.4) is 0 Å². The van der Waals surface area contributed by atoms with Gasteiger partial charge in [-0.1, -0.05) is 37.3 Å². The normalized spacial score (nSPS) is 16.9. The molecule has 1 aromatic heterocycles. The first-order valence-electron chi connectivity index (χ1n) is 10.1. The second-order valence-electron chi connectivity index (χ2n) is 7.60. The smallest absolute Gasteiger partial charge is 0.362 e. The third-order valence-corrected chi connectivity index (χ3v) is 5.23. The van der Waals surface area contributed by atoms with E-state index >= 15 is 0 Å². The van der Waals surface area contributed by atoms with Gasteiger partial charge in [0.15, 0.2) is 10.8 Å². The molecule has 2 heterocycles. The first-order valence-corrected chi connectivity index (χ1v) is 10.5. The summed E-state index contributed by atoms with van der Waals surface area (Å²) >= 11 is 5.22. The van der Waals surface area contributed by atoms with E-state index in [0.717, 1.165) is 31.7 Å². The number of piperidine rings is 1. The van der Waals surface area contributed by atoms with Crippen LogP contribution in [0.15, 0.2) is 36.4 Å². The van der Waals surface area contributed by atoms with Crippen molar-refractivity contribution in [1.29, 1.82) is 0 Å². The predicted molar refractivity (Wildman–Crippen MR) is 117 cm³/mol. The van der Waals surface area contributed by atoms with Gasteiger partial charge in [0.25, 0.3) is 0 Å². The monoisotopic (exact) mass is 437 g/mol. The molecule has 0 spiro atoms. The molecule has 2 N–H and O–H groups in total. The van der Waals surface area contributed by atoms with Crippen LogP contribution in [0.25, 0.3) is 0 Å². The van der Waals surface area contributed by atoms with Crippen molar-refractivity contribution in [3.63, 3.8) is 0 Å². The molecule has 0 saturated carbocycles. The number of rotatable bonds is 6. The Morgan fingerprint density at radius 1 is 1.23 bits per heavy atom. The van der Waals surface area contributed by atoms with Crippen LogP contribution in [0.1, 0.15) is 37.4 Å². The highest BCUT2D eigenvalue weighted by Crippen LogP contribution is 2.31. The lowest BCUT2D eigenvalue weighted by Gasteiger charge is -2.32. The Bertz CT molecular complexity index is 844. The van der Waals surface area contributed by atoms with Gasteiger partial charge in [0.2, 0.25) is 5.95 Å². The number of alkyl halides is 3. The highest BCUT2D eigenvalue weighted by molar-refractivity contribution is 7.80. The van der Waals surface area contributed by atoms with Crippen LogP contribution in [0.2, 0.25) is 0 Å². The van der Waals surface area contributed by atoms with E-state index in [9.17, 15) is 13.2 Å². The Morgan fingerprint density at radius 2 is 2.00 bits per heavy atom. The Balaban J connectivity index is 1.62. The molecular formula is C21H26F3N5S. The van der Waals surface area contributed by atoms with Crippen LogP contribution in [-0.2, 0) is 12.6 Å². The van der Waals surface area contributed by atoms with Crippen molar-refractivity contribution >= 4 is 29.1 Å². The maximum absolute atomic E-state index is 13.4. The molecule has 1 aromatic carbocycles. The number of nitrogens with one attached hydrogen (secondary N) is 2. The number of nitrogens with zero attached hydrogens (tertiary/aromatic N) is 3. The maximum atomic E-state index is 13.4. The first-order chi connectivity index (χ1) is 14.3. The third-order valence-electron chi connectivity index (χ3n) is 4.98. The zero-order valence-electron chi connectivity index (χ0n) is 16.9. The molecule has 1 aliphatic rings. The van der Waals surface area contributed by atoms with E-state index < -0.39 is 11.9 Å². The van der Waals surface area contributed by atoms with Gasteiger partial charge in [0.1, 0.15) is 5.82 Å². The Hall–Kier alpha value is -2.42. The summed E-state index contributed by atoms with van der Waals surface area (Å²) in [5.74, 6) is 0.545. The van der Waals surface area contributed by atoms with Crippen molar-refractivity contribution < 1.29 is 13.2 Å². The predicted octanol–water partition coefficient (Wildman–Crippen LogP) is 4.65. The molecule has 1 aliphatic heterocycles. The molecular weight excluding hydrogens is 411 g/mol. The number of hydrogen-bond acceptors (Lipinski definition) is 4. The highest BCUT2D eigenvalue weighted by atomic mass is 32.1. The number of thiocarbonyl (C=S) groups is 1. The number of halogens is 3. The summed E-state index contributed by atoms with van der Waals surface area (Å²) in [4.78, 5) is 9.81. The molecule has 1 saturated heterocycles. The molecule has 0 amide bonds. The van der Waals surface area contributed by atoms with Crippen LogP contribution < -0.4 is 15.5 Å². The summed E-state index contributed by atoms with van der Waals surface area (Å²) in [6.45, 7) is 4.04. The van der Waals surface area contributed by atoms with E-state index in [-0.39, 0.29) is 16.9 Å². The van der Waals surface area contributed by atoms with E-state index in [1.165, 1.54) is 5.56 Å². The average molecular weight is 438 g/mol. The Labute approximate surface area is 180 Å². The van der Waals surface area contributed by atoms with Gasteiger partial charge in [-0.05, 0) is 49.4 Å². The van der Waals surface area contributed by atoms with Gasteiger partial charge in [-0.15, -0.1) is 0 Å². The van der Waals surface area contributed by atoms with Crippen molar-refractivity contribution in [2.75, 3.05) is 29.9 Å². The lowest BCUT2D eigenvalue weighted by molar-refractivity contribution is -0.141. The minimum atomic E-state index is -4.56. The van der Waals surface area contributed by atoms with Gasteiger partial charge in [-0.25, -0.2) is 4.98 Å². The van der Waals surface area contributed by atoms with E-state index in [2.05, 4.69) is 39.7 Å². The van der Waals surface area contributed by atoms with Crippen molar-refractivity contribution in [2.24, 2.45) is 5.92 Å². The molecule has 3 rings (SSSR count). The number of benzene rings is 1. The van der Waals surface area contributed by atoms with Crippen molar-refractivity contribution in [3.05, 3.63) is 47.7 Å². The minimum absolute atomic E-state index is 0.140. The van der Waals surface area contributed by atoms with Gasteiger partial charge in [-0.2, -0.15) is 18.2 Å². The zero-order valence-corrected chi connectivity index (χ0v) is 17.7. The van der Waals surface area contributed by atoms with Crippen LogP contribution >= 0.6 is 12.2 Å². The standard InChI is InChI=1S/C21H26F3N5S/c1-15-7-6-12-29(14-15)18-13-17(21(22,23)24)26-19(27-18)28-20(30)25-11-5-10-16-8-3-2-4-9-16/h2-4,8-9,13,15H,5-7,10-12,14H2,1H3,(H2,25,26,27,28,30)/t15-/m0/s1. The molecule has 0 unspecified atom stereocenters. The van der Waals surface area contributed by atoms with Gasteiger partial charge >= 0.3 is 6.18 Å². The lowest BCUT2D eigenvalue weighted by Crippen LogP contribution is -2.36. The quantitative estimate of drug-likeness (QED) is 0.507. The van der Waals surface area contributed by atoms with Crippen LogP contribution in [0.4, 0.5) is 24.9 Å². The van der Waals surface area contributed by atoms with Crippen molar-refractivity contribution in [2.45, 2.75) is 38.8 Å². The number of aromatic nitrogens is 2. The second kappa shape index (κ2) is 10.1. The fourth-order valence-corrected chi connectivity index (χ4v) is 3.67. The van der Waals surface area contributed by atoms with E-state index in [1.807, 2.05) is 23.1 Å². The van der Waals surface area contributed by atoms with Gasteiger partial charge in [-0.3, -0.25) is 0 Å². The average Bonchev–Trinajstić information content (AvgIpc) is 2.71. The first kappa shape index (κ1) is 22.3. The van der Waals surface area contributed by atoms with Crippen LogP contribution in [0.5, 0.6) is 0 Å². The molecule has 162 valence electrons. The zero-order chi connectivity index (χ0) is 21.6. The van der Waals surface area contributed by atoms with Gasteiger partial charge in [0.05, 0.1) is 0 Å². The van der Waals surface area contributed by atoms with Crippen LogP contribution in [-0.4, -0.2) is 34.7 Å². The summed E-state index contributed by atoms with van der Waals surface area (Å²) in [5, 5.41) is 5.94. The van der Waals surface area contributed by atoms with Crippen LogP contribution in [0, 0.1) is 5.92 Å². The van der Waals surface area contributed by atoms with E-state index in [1.54, 1.807) is 0 Å². The Kier molecular flexibility index (Phi) is 7.47. The summed E-state index contributed by atoms with van der Waals surface area (Å²) in [6.07, 6.45) is -0.841. The molecule has 1 atom stereocenters. The highest BCUT2D eigenvalue weighted by Gasteiger charge is 2.34. The molecule has 9 heteroatoms. The summed E-state index contributed by atoms with van der Waals surface area (Å²) < 4.78 is 40.1. The SMILES string of the molecule is C[C@H]1CCCN(c2cc(C(F)(F)F)nc(NC(=S)NCCCc3ccccc3)n2)C1. The third kappa shape index (κ3) is 6.55. The molecule has 30 heavy (non-hydrogen) atoms. The number of hydrogen-bond donors (Lipinski definition) is 2. The summed E-state index contributed by atoms with van der Waals surface area (Å²) in [5.41, 5.74) is 0.250. The fourth-order valence-electron chi connectivity index (χ4n) is 3.48. The minimum Gasteiger partial charge on any atom is -0.362 e. The maximum Gasteiger partial charge on any atom is 0.433 e. The molecule has 1 fully saturated rings. The summed E-state index contributed by atoms with van der Waals surface area (Å²) in [7, 11) is 0. The lowest BCUT2D eigenvalue weighted by atomic mass is 10.0. The molecule has 5 nitrogen and oxygen atoms in total. The summed E-state index contributed by atoms with van der Waals surface area (Å²) in [6, 6.07) is 11.1. The Morgan fingerprint density at radius 3 is 2.70 bits per heavy atom. The fraction of sp³-hybridized carbons (Fsp3) is 0.476. The molecule has 2 aromatic rings. The van der Waals surface area contributed by atoms with E-state index in [4.69, 9.17) is 12.2 Å². The van der Waals surface area contributed by atoms with Gasteiger partial charge in [0, 0.05) is 25.7 Å². The van der Waals surface area contributed by atoms with E-state index in [0.29, 0.717) is 25.6 Å². The number of aryl methyl sites for hydroxylation is 1. The van der Waals surface area contributed by atoms with Crippen molar-refractivity contribution in [1.82, 2.24) is 15.3 Å². The largest absolute Gasteiger partial charge is 0.433 e. The second-order valence-corrected chi connectivity index (χ2v) is 8.00. The molecule has 0 bridgehead atoms. The molecule has 0 radical (unpaired) electrons. The number of anilines is 2. The van der Waals surface area contributed by atoms with Crippen molar-refractivity contribution in [3.8, 4) is 0 Å².